The Bertz CT molecular complexity index is 500. The molecular weight excluding hydrogens is 248 g/mol. The van der Waals surface area contributed by atoms with Gasteiger partial charge in [0.2, 0.25) is 0 Å². The molecule has 0 bridgehead atoms. The van der Waals surface area contributed by atoms with Gasteiger partial charge in [0.05, 0.1) is 5.69 Å². The van der Waals surface area contributed by atoms with Gasteiger partial charge in [0.25, 0.3) is 5.56 Å². The average molecular weight is 269 g/mol. The second-order valence-electron chi connectivity index (χ2n) is 3.29. The van der Waals surface area contributed by atoms with Gasteiger partial charge in [-0.1, -0.05) is 32.0 Å². The normalized spacial score (nSPS) is 8.78. The monoisotopic (exact) mass is 268 g/mol. The molecule has 2 rings (SSSR count). The van der Waals surface area contributed by atoms with Crippen LogP contribution in [0.15, 0.2) is 41.2 Å². The summed E-state index contributed by atoms with van der Waals surface area (Å²) in [5, 5.41) is 0. The molecule has 0 aliphatic rings. The van der Waals surface area contributed by atoms with Gasteiger partial charge >= 0.3 is 0 Å². The molecule has 1 heterocycles. The third kappa shape index (κ3) is 3.77. The highest BCUT2D eigenvalue weighted by atomic mass is 35.5. The highest BCUT2D eigenvalue weighted by Crippen LogP contribution is 2.04. The maximum Gasteiger partial charge on any atom is 0.271 e. The second-order valence-corrected chi connectivity index (χ2v) is 3.29. The van der Waals surface area contributed by atoms with Crippen LogP contribution in [-0.4, -0.2) is 15.7 Å². The van der Waals surface area contributed by atoms with E-state index in [1.165, 1.54) is 6.38 Å². The van der Waals surface area contributed by atoms with E-state index < -0.39 is 0 Å². The van der Waals surface area contributed by atoms with Crippen LogP contribution < -0.4 is 5.56 Å². The number of para-hydroxylation sites is 1. The third-order valence-electron chi connectivity index (χ3n) is 2.35. The predicted molar refractivity (Wildman–Crippen MR) is 78.9 cm³/mol. The summed E-state index contributed by atoms with van der Waals surface area (Å²) in [5.41, 5.74) is 1.86. The number of rotatable bonds is 1. The zero-order chi connectivity index (χ0) is 14.1. The van der Waals surface area contributed by atoms with Gasteiger partial charge in [0, 0.05) is 25.2 Å². The number of aryl methyl sites for hydroxylation is 1. The van der Waals surface area contributed by atoms with Crippen molar-refractivity contribution in [3.63, 3.8) is 0 Å². The first-order valence-electron chi connectivity index (χ1n) is 5.89. The molecule has 3 nitrogen and oxygen atoms in total. The lowest BCUT2D eigenvalue weighted by molar-refractivity contribution is 0.630. The molecule has 1 aromatic carbocycles. The van der Waals surface area contributed by atoms with Crippen LogP contribution in [0.3, 0.4) is 0 Å². The zero-order valence-corrected chi connectivity index (χ0v) is 12.4. The molecule has 4 heteroatoms. The minimum absolute atomic E-state index is 0.0104. The quantitative estimate of drug-likeness (QED) is 0.729. The molecule has 0 saturated carbocycles. The van der Waals surface area contributed by atoms with Crippen molar-refractivity contribution in [2.45, 2.75) is 20.8 Å². The Morgan fingerprint density at radius 1 is 1.06 bits per heavy atom. The summed E-state index contributed by atoms with van der Waals surface area (Å²) >= 11 is 4.64. The van der Waals surface area contributed by atoms with E-state index in [1.807, 2.05) is 62.8 Å². The van der Waals surface area contributed by atoms with E-state index >= 15 is 0 Å². The van der Waals surface area contributed by atoms with Crippen LogP contribution in [0.25, 0.3) is 5.69 Å². The average Bonchev–Trinajstić information content (AvgIpc) is 2.69. The smallest absolute Gasteiger partial charge is 0.271 e. The zero-order valence-electron chi connectivity index (χ0n) is 11.6. The molecule has 0 aliphatic carbocycles. The third-order valence-corrected chi connectivity index (χ3v) is 2.35. The van der Waals surface area contributed by atoms with Crippen molar-refractivity contribution < 1.29 is 0 Å². The molecule has 0 saturated heterocycles. The number of aromatic nitrogens is 2. The van der Waals surface area contributed by atoms with E-state index in [-0.39, 0.29) is 5.56 Å². The van der Waals surface area contributed by atoms with Gasteiger partial charge in [-0.3, -0.25) is 9.48 Å². The Morgan fingerprint density at radius 2 is 1.56 bits per heavy atom. The van der Waals surface area contributed by atoms with Crippen LogP contribution in [0, 0.1) is 6.92 Å². The minimum Gasteiger partial charge on any atom is -0.285 e. The number of nitrogens with zero attached hydrogens (tertiary/aromatic N) is 2. The summed E-state index contributed by atoms with van der Waals surface area (Å²) in [6.07, 6.45) is 1.47. The van der Waals surface area contributed by atoms with Gasteiger partial charge in [0.15, 0.2) is 0 Å². The Morgan fingerprint density at radius 3 is 1.94 bits per heavy atom. The fourth-order valence-electron chi connectivity index (χ4n) is 1.51. The minimum atomic E-state index is 0.0104. The molecule has 1 aromatic heterocycles. The van der Waals surface area contributed by atoms with E-state index in [9.17, 15) is 4.79 Å². The SMILES string of the molecule is CC.CCl.Cc1cc(=O)n(-c2ccccc2)n1C. The molecule has 0 radical (unpaired) electrons. The molecule has 100 valence electrons. The highest BCUT2D eigenvalue weighted by Gasteiger charge is 2.05. The largest absolute Gasteiger partial charge is 0.285 e. The van der Waals surface area contributed by atoms with Crippen LogP contribution in [0.1, 0.15) is 19.5 Å². The Kier molecular flexibility index (Phi) is 7.88. The number of halogens is 1. The molecule has 0 atom stereocenters. The molecule has 0 amide bonds. The first-order chi connectivity index (χ1) is 8.70. The van der Waals surface area contributed by atoms with Gasteiger partial charge < -0.3 is 0 Å². The van der Waals surface area contributed by atoms with Gasteiger partial charge in [-0.2, -0.15) is 0 Å². The summed E-state index contributed by atoms with van der Waals surface area (Å²) in [6.45, 7) is 5.92. The molecule has 2 aromatic rings. The number of hydrogen-bond acceptors (Lipinski definition) is 1. The maximum absolute atomic E-state index is 11.6. The lowest BCUT2D eigenvalue weighted by Crippen LogP contribution is -2.18. The van der Waals surface area contributed by atoms with Crippen molar-refractivity contribution in [2.24, 2.45) is 7.05 Å². The topological polar surface area (TPSA) is 26.9 Å². The molecule has 0 fully saturated rings. The van der Waals surface area contributed by atoms with E-state index in [0.29, 0.717) is 0 Å². The van der Waals surface area contributed by atoms with Crippen LogP contribution in [0.2, 0.25) is 0 Å². The van der Waals surface area contributed by atoms with Crippen molar-refractivity contribution in [2.75, 3.05) is 6.38 Å². The van der Waals surface area contributed by atoms with Gasteiger partial charge in [0.1, 0.15) is 0 Å². The maximum atomic E-state index is 11.6. The van der Waals surface area contributed by atoms with Gasteiger partial charge in [-0.05, 0) is 19.1 Å². The highest BCUT2D eigenvalue weighted by molar-refractivity contribution is 6.15. The first-order valence-corrected chi connectivity index (χ1v) is 6.64. The lowest BCUT2D eigenvalue weighted by atomic mass is 10.3. The predicted octanol–water partition coefficient (Wildman–Crippen LogP) is 3.37. The second kappa shape index (κ2) is 8.59. The first kappa shape index (κ1) is 16.5. The van der Waals surface area contributed by atoms with E-state index in [4.69, 9.17) is 0 Å². The molecule has 0 spiro atoms. The van der Waals surface area contributed by atoms with Crippen molar-refractivity contribution in [1.29, 1.82) is 0 Å². The summed E-state index contributed by atoms with van der Waals surface area (Å²) in [7, 11) is 1.88. The van der Waals surface area contributed by atoms with E-state index in [1.54, 1.807) is 10.7 Å². The standard InChI is InChI=1S/C11H12N2O.C2H6.CH3Cl/c1-9-8-11(14)13(12(9)2)10-6-4-3-5-7-10;2*1-2/h3-8H,1-2H3;1-2H3;1H3. The molecule has 0 N–H and O–H groups in total. The number of alkyl halides is 1. The summed E-state index contributed by atoms with van der Waals surface area (Å²) in [4.78, 5) is 11.6. The molecule has 18 heavy (non-hydrogen) atoms. The number of hydrogen-bond donors (Lipinski definition) is 0. The lowest BCUT2D eigenvalue weighted by Gasteiger charge is -2.07. The van der Waals surface area contributed by atoms with Crippen molar-refractivity contribution in [1.82, 2.24) is 9.36 Å². The Balaban J connectivity index is 0.000000659. The molecule has 0 aliphatic heterocycles. The summed E-state index contributed by atoms with van der Waals surface area (Å²) < 4.78 is 3.49. The van der Waals surface area contributed by atoms with Gasteiger partial charge in [-0.15, -0.1) is 11.6 Å². The molecule has 0 unspecified atom stereocenters. The van der Waals surface area contributed by atoms with Crippen molar-refractivity contribution in [3.8, 4) is 5.69 Å². The van der Waals surface area contributed by atoms with E-state index in [2.05, 4.69) is 11.6 Å². The van der Waals surface area contributed by atoms with Crippen molar-refractivity contribution >= 4 is 11.6 Å². The van der Waals surface area contributed by atoms with E-state index in [0.717, 1.165) is 11.4 Å². The van der Waals surface area contributed by atoms with Crippen LogP contribution in [0.5, 0.6) is 0 Å². The fraction of sp³-hybridized carbons (Fsp3) is 0.357. The number of benzene rings is 1. The Hall–Kier alpha value is -1.48. The van der Waals surface area contributed by atoms with Crippen LogP contribution in [-0.2, 0) is 7.05 Å². The van der Waals surface area contributed by atoms with Gasteiger partial charge in [-0.25, -0.2) is 4.68 Å². The van der Waals surface area contributed by atoms with Crippen molar-refractivity contribution in [3.05, 3.63) is 52.4 Å². The summed E-state index contributed by atoms with van der Waals surface area (Å²) in [6, 6.07) is 11.2. The summed E-state index contributed by atoms with van der Waals surface area (Å²) in [5.74, 6) is 0. The molecular formula is C14H21ClN2O. The fourth-order valence-corrected chi connectivity index (χ4v) is 1.51. The van der Waals surface area contributed by atoms with Crippen LogP contribution in [0.4, 0.5) is 0 Å². The van der Waals surface area contributed by atoms with Crippen LogP contribution >= 0.6 is 11.6 Å². The Labute approximate surface area is 114 Å².